The van der Waals surface area contributed by atoms with Crippen LogP contribution in [0.25, 0.3) is 22.7 Å². The lowest BCUT2D eigenvalue weighted by Gasteiger charge is -2.31. The number of ether oxygens (including phenoxy) is 1. The number of aromatic nitrogens is 1. The average molecular weight is 1040 g/mol. The minimum atomic E-state index is -4.64. The Kier molecular flexibility index (Phi) is 15.2. The summed E-state index contributed by atoms with van der Waals surface area (Å²) in [6.07, 6.45) is 3.12. The predicted molar refractivity (Wildman–Crippen MR) is 271 cm³/mol. The molecule has 1 unspecified atom stereocenters. The lowest BCUT2D eigenvalue weighted by atomic mass is 9.87. The smallest absolute Gasteiger partial charge is 0.415 e. The summed E-state index contributed by atoms with van der Waals surface area (Å²) in [6.45, 7) is 12.7. The summed E-state index contributed by atoms with van der Waals surface area (Å²) >= 11 is 6.48. The van der Waals surface area contributed by atoms with Gasteiger partial charge < -0.3 is 14.5 Å². The van der Waals surface area contributed by atoms with Gasteiger partial charge in [-0.15, -0.1) is 0 Å². The van der Waals surface area contributed by atoms with Crippen molar-refractivity contribution >= 4 is 111 Å². The fourth-order valence-electron chi connectivity index (χ4n) is 7.60. The lowest BCUT2D eigenvalue weighted by molar-refractivity contribution is -0.142. The minimum absolute atomic E-state index is 0.0947. The number of sulfonamides is 3. The highest BCUT2D eigenvalue weighted by Crippen LogP contribution is 2.35. The Morgan fingerprint density at radius 3 is 2.07 bits per heavy atom. The largest absolute Gasteiger partial charge is 0.435 e. The highest BCUT2D eigenvalue weighted by Gasteiger charge is 2.41. The molecule has 5 aromatic rings. The van der Waals surface area contributed by atoms with Crippen molar-refractivity contribution in [1.82, 2.24) is 4.98 Å². The molecule has 1 heterocycles. The maximum absolute atomic E-state index is 14.4. The van der Waals surface area contributed by atoms with Gasteiger partial charge >= 0.3 is 6.09 Å². The van der Waals surface area contributed by atoms with Gasteiger partial charge in [-0.05, 0) is 109 Å². The van der Waals surface area contributed by atoms with Crippen LogP contribution in [0.5, 0.6) is 0 Å². The summed E-state index contributed by atoms with van der Waals surface area (Å²) in [5.41, 5.74) is 1.83. The zero-order chi connectivity index (χ0) is 51.7. The topological polar surface area (TPSA) is 264 Å². The van der Waals surface area contributed by atoms with Crippen molar-refractivity contribution in [3.8, 4) is 6.07 Å². The fraction of sp³-hybridized carbons (Fsp3) is 0.354. The Labute approximate surface area is 413 Å². The lowest BCUT2D eigenvalue weighted by Crippen LogP contribution is -2.48. The van der Waals surface area contributed by atoms with Gasteiger partial charge in [0.15, 0.2) is 11.4 Å². The molecule has 4 aromatic carbocycles. The molecule has 1 aliphatic carbocycles. The van der Waals surface area contributed by atoms with Gasteiger partial charge in [-0.2, -0.15) is 5.26 Å². The number of aryl methyl sites for hydroxylation is 1. The molecule has 1 fully saturated rings. The Morgan fingerprint density at radius 1 is 0.843 bits per heavy atom. The molecule has 4 N–H and O–H groups in total. The van der Waals surface area contributed by atoms with Crippen LogP contribution in [0.4, 0.5) is 33.2 Å². The maximum atomic E-state index is 14.4. The summed E-state index contributed by atoms with van der Waals surface area (Å²) < 4.78 is 93.9. The van der Waals surface area contributed by atoms with Gasteiger partial charge in [0.2, 0.25) is 32.0 Å². The van der Waals surface area contributed by atoms with Gasteiger partial charge in [-0.1, -0.05) is 78.1 Å². The molecular weight excluding hydrogens is 982 g/mol. The number of halogens is 1. The van der Waals surface area contributed by atoms with E-state index in [1.165, 1.54) is 17.0 Å². The van der Waals surface area contributed by atoms with E-state index in [0.29, 0.717) is 40.8 Å². The molecule has 0 radical (unpaired) electrons. The van der Waals surface area contributed by atoms with E-state index >= 15 is 0 Å². The van der Waals surface area contributed by atoms with E-state index in [0.717, 1.165) is 55.2 Å². The maximum Gasteiger partial charge on any atom is 0.415 e. The van der Waals surface area contributed by atoms with E-state index < -0.39 is 70.0 Å². The summed E-state index contributed by atoms with van der Waals surface area (Å²) in [4.78, 5) is 48.0. The Hall–Kier alpha value is -6.47. The van der Waals surface area contributed by atoms with Gasteiger partial charge in [0, 0.05) is 17.1 Å². The number of Topliss-reactive ketones (excluding diaryl/α,β-unsaturated/α-hetero) is 1. The van der Waals surface area contributed by atoms with Crippen molar-refractivity contribution in [2.45, 2.75) is 96.6 Å². The molecule has 18 nitrogen and oxygen atoms in total. The van der Waals surface area contributed by atoms with Crippen LogP contribution in [0.3, 0.4) is 0 Å². The molecular formula is C48H54ClN7O11S3. The van der Waals surface area contributed by atoms with Crippen molar-refractivity contribution in [2.75, 3.05) is 36.9 Å². The standard InChI is InChI=1S/C48H54ClN7O11S3/c1-28-22-35(18-14-29(28)23-30(27-50)45-52-38-24-31(47(2,3)4)15-20-40(38)66-45)56(34-12-10-11-13-34)46(59)67-42(43(57)48(5,6)7)44(58)51-37-25-33(16-19-36(37)49)54-70(64,65)41-21-17-32(53-68(8,60)61)26-39(41)55-69(9,62)63/h14-26,34,42,53-55H,10-13H2,1-9H3,(H,51,58)/b30-23+. The Morgan fingerprint density at radius 2 is 1.47 bits per heavy atom. The van der Waals surface area contributed by atoms with E-state index in [-0.39, 0.29) is 45.0 Å². The third-order valence-corrected chi connectivity index (χ3v) is 14.1. The molecule has 1 atom stereocenters. The van der Waals surface area contributed by atoms with E-state index in [1.54, 1.807) is 45.0 Å². The number of rotatable bonds is 15. The van der Waals surface area contributed by atoms with E-state index in [9.17, 15) is 44.9 Å². The quantitative estimate of drug-likeness (QED) is 0.0563. The molecule has 1 aliphatic rings. The summed E-state index contributed by atoms with van der Waals surface area (Å²) in [5.74, 6) is -1.70. The highest BCUT2D eigenvalue weighted by atomic mass is 35.5. The molecule has 2 amide bonds. The number of nitriles is 1. The number of benzene rings is 4. The highest BCUT2D eigenvalue weighted by molar-refractivity contribution is 7.93. The molecule has 1 saturated carbocycles. The first kappa shape index (κ1) is 52.9. The number of oxazole rings is 1. The molecule has 6 rings (SSSR count). The van der Waals surface area contributed by atoms with Crippen molar-refractivity contribution < 1.29 is 48.8 Å². The first-order valence-corrected chi connectivity index (χ1v) is 27.5. The fourth-order valence-corrected chi connectivity index (χ4v) is 10.1. The van der Waals surface area contributed by atoms with Gasteiger partial charge in [0.25, 0.3) is 15.9 Å². The third kappa shape index (κ3) is 13.0. The number of nitrogens with zero attached hydrogens (tertiary/aromatic N) is 3. The van der Waals surface area contributed by atoms with Crippen LogP contribution in [0.1, 0.15) is 89.8 Å². The van der Waals surface area contributed by atoms with Crippen LogP contribution in [0.15, 0.2) is 82.1 Å². The van der Waals surface area contributed by atoms with Crippen molar-refractivity contribution in [3.05, 3.63) is 100 Å². The van der Waals surface area contributed by atoms with Crippen LogP contribution in [-0.2, 0) is 49.8 Å². The zero-order valence-electron chi connectivity index (χ0n) is 39.9. The second kappa shape index (κ2) is 20.1. The number of anilines is 5. The summed E-state index contributed by atoms with van der Waals surface area (Å²) in [7, 11) is -12.5. The van der Waals surface area contributed by atoms with E-state index in [4.69, 9.17) is 20.8 Å². The number of hydrogen-bond donors (Lipinski definition) is 4. The number of ketones is 1. The predicted octanol–water partition coefficient (Wildman–Crippen LogP) is 9.20. The third-order valence-electron chi connectivity index (χ3n) is 11.1. The van der Waals surface area contributed by atoms with Crippen LogP contribution in [0.2, 0.25) is 5.02 Å². The van der Waals surface area contributed by atoms with Crippen molar-refractivity contribution in [3.63, 3.8) is 0 Å². The van der Waals surface area contributed by atoms with Gasteiger partial charge in [-0.25, -0.2) is 35.0 Å². The second-order valence-electron chi connectivity index (χ2n) is 19.1. The van der Waals surface area contributed by atoms with Gasteiger partial charge in [0.1, 0.15) is 22.1 Å². The minimum Gasteiger partial charge on any atom is -0.435 e. The van der Waals surface area contributed by atoms with Crippen LogP contribution >= 0.6 is 11.6 Å². The molecule has 0 saturated heterocycles. The van der Waals surface area contributed by atoms with Crippen LogP contribution in [0, 0.1) is 23.7 Å². The van der Waals surface area contributed by atoms with Crippen molar-refractivity contribution in [1.29, 1.82) is 5.26 Å². The number of amides is 2. The van der Waals surface area contributed by atoms with Gasteiger partial charge in [0.05, 0.1) is 40.3 Å². The van der Waals surface area contributed by atoms with Crippen molar-refractivity contribution in [2.24, 2.45) is 5.41 Å². The number of nitrogens with one attached hydrogen (secondary N) is 4. The Bertz CT molecular complexity index is 3310. The molecule has 0 bridgehead atoms. The monoisotopic (exact) mass is 1040 g/mol. The second-order valence-corrected chi connectivity index (χ2v) is 24.7. The molecule has 0 aliphatic heterocycles. The molecule has 1 aromatic heterocycles. The number of allylic oxidation sites excluding steroid dienone is 1. The zero-order valence-corrected chi connectivity index (χ0v) is 43.1. The SMILES string of the molecule is Cc1cc(N(C(=O)OC(C(=O)Nc2cc(NS(=O)(=O)c3ccc(NS(C)(=O)=O)cc3NS(C)(=O)=O)ccc2Cl)C(=O)C(C)(C)C)C2CCCC2)ccc1/C=C(\C#N)c1nc2cc(C(C)(C)C)ccc2o1. The normalized spacial score (nSPS) is 14.4. The Balaban J connectivity index is 1.27. The first-order valence-electron chi connectivity index (χ1n) is 21.8. The number of carbonyl (C=O) groups excluding carboxylic acids is 3. The average Bonchev–Trinajstić information content (AvgIpc) is 3.92. The molecule has 70 heavy (non-hydrogen) atoms. The number of hydrogen-bond acceptors (Lipinski definition) is 13. The van der Waals surface area contributed by atoms with Gasteiger partial charge in [-0.3, -0.25) is 28.7 Å². The molecule has 0 spiro atoms. The number of carbonyl (C=O) groups is 3. The van der Waals surface area contributed by atoms with Crippen LogP contribution in [-0.4, -0.2) is 72.7 Å². The molecule has 22 heteroatoms. The van der Waals surface area contributed by atoms with E-state index in [1.807, 2.05) is 25.1 Å². The van der Waals surface area contributed by atoms with Crippen LogP contribution < -0.4 is 24.4 Å². The number of fused-ring (bicyclic) bond motifs is 1. The summed E-state index contributed by atoms with van der Waals surface area (Å²) in [6, 6.07) is 19.4. The first-order chi connectivity index (χ1) is 32.4. The summed E-state index contributed by atoms with van der Waals surface area (Å²) in [5, 5.41) is 12.6. The molecule has 372 valence electrons. The van der Waals surface area contributed by atoms with E-state index in [2.05, 4.69) is 51.3 Å².